The third-order valence-corrected chi connectivity index (χ3v) is 8.02. The van der Waals surface area contributed by atoms with Crippen molar-refractivity contribution in [2.45, 2.75) is 43.7 Å². The molecule has 0 saturated carbocycles. The number of sulfonamides is 1. The fraction of sp³-hybridized carbons (Fsp3) is 0.269. The summed E-state index contributed by atoms with van der Waals surface area (Å²) in [5.74, 6) is 0.292. The van der Waals surface area contributed by atoms with E-state index in [-0.39, 0.29) is 10.9 Å². The van der Waals surface area contributed by atoms with Gasteiger partial charge in [0.2, 0.25) is 5.91 Å². The quantitative estimate of drug-likeness (QED) is 0.503. The van der Waals surface area contributed by atoms with Crippen molar-refractivity contribution >= 4 is 33.2 Å². The van der Waals surface area contributed by atoms with Gasteiger partial charge in [-0.3, -0.25) is 9.10 Å². The molecule has 1 unspecified atom stereocenters. The predicted octanol–water partition coefficient (Wildman–Crippen LogP) is 5.26. The molecule has 0 radical (unpaired) electrons. The Bertz CT molecular complexity index is 1310. The summed E-state index contributed by atoms with van der Waals surface area (Å²) in [6.45, 7) is 5.27. The normalized spacial score (nSPS) is 16.8. The van der Waals surface area contributed by atoms with E-state index in [1.165, 1.54) is 12.1 Å². The minimum absolute atomic E-state index is 0.0970. The lowest BCUT2D eigenvalue weighted by atomic mass is 9.89. The molecule has 8 heteroatoms. The molecule has 1 atom stereocenters. The molecule has 1 amide bonds. The maximum absolute atomic E-state index is 13.6. The molecule has 0 bridgehead atoms. The van der Waals surface area contributed by atoms with Crippen molar-refractivity contribution in [2.24, 2.45) is 0 Å². The highest BCUT2D eigenvalue weighted by Gasteiger charge is 2.35. The zero-order chi connectivity index (χ0) is 24.5. The van der Waals surface area contributed by atoms with Gasteiger partial charge in [0.05, 0.1) is 16.6 Å². The number of amides is 1. The highest BCUT2D eigenvalue weighted by molar-refractivity contribution is 7.92. The topological polar surface area (TPSA) is 75.7 Å². The van der Waals surface area contributed by atoms with Crippen molar-refractivity contribution in [1.29, 1.82) is 0 Å². The SMILES string of the molecule is Cc1c(Cl)cccc1N(CC(=O)NC1CC(C)(C)Oc2ccccc21)S(=O)(=O)c1ccccc1. The Hall–Kier alpha value is -3.03. The van der Waals surface area contributed by atoms with Crippen LogP contribution in [0.1, 0.15) is 37.4 Å². The molecule has 0 fully saturated rings. The Balaban J connectivity index is 1.68. The van der Waals surface area contributed by atoms with E-state index < -0.39 is 28.1 Å². The van der Waals surface area contributed by atoms with Gasteiger partial charge in [-0.15, -0.1) is 0 Å². The van der Waals surface area contributed by atoms with Gasteiger partial charge in [-0.2, -0.15) is 0 Å². The Morgan fingerprint density at radius 3 is 2.47 bits per heavy atom. The molecule has 3 aromatic carbocycles. The van der Waals surface area contributed by atoms with Crippen LogP contribution in [0.4, 0.5) is 5.69 Å². The second-order valence-corrected chi connectivity index (χ2v) is 11.2. The van der Waals surface area contributed by atoms with Gasteiger partial charge in [0.15, 0.2) is 0 Å². The van der Waals surface area contributed by atoms with Gasteiger partial charge in [0, 0.05) is 17.0 Å². The number of nitrogens with zero attached hydrogens (tertiary/aromatic N) is 1. The second-order valence-electron chi connectivity index (χ2n) is 8.93. The van der Waals surface area contributed by atoms with Crippen LogP contribution in [0.15, 0.2) is 77.7 Å². The summed E-state index contributed by atoms with van der Waals surface area (Å²) < 4.78 is 34.4. The number of fused-ring (bicyclic) bond motifs is 1. The molecule has 0 aliphatic carbocycles. The molecule has 178 valence electrons. The summed E-state index contributed by atoms with van der Waals surface area (Å²) in [5, 5.41) is 3.45. The number of halogens is 1. The van der Waals surface area contributed by atoms with E-state index in [9.17, 15) is 13.2 Å². The zero-order valence-electron chi connectivity index (χ0n) is 19.3. The van der Waals surface area contributed by atoms with Gasteiger partial charge in [-0.25, -0.2) is 8.42 Å². The monoisotopic (exact) mass is 498 g/mol. The highest BCUT2D eigenvalue weighted by atomic mass is 35.5. The number of hydrogen-bond acceptors (Lipinski definition) is 4. The number of rotatable bonds is 6. The van der Waals surface area contributed by atoms with E-state index in [1.807, 2.05) is 38.1 Å². The lowest BCUT2D eigenvalue weighted by Crippen LogP contribution is -2.45. The predicted molar refractivity (Wildman–Crippen MR) is 134 cm³/mol. The van der Waals surface area contributed by atoms with Crippen molar-refractivity contribution in [1.82, 2.24) is 5.32 Å². The van der Waals surface area contributed by atoms with Gasteiger partial charge in [-0.05, 0) is 56.7 Å². The molecule has 34 heavy (non-hydrogen) atoms. The summed E-state index contributed by atoms with van der Waals surface area (Å²) in [7, 11) is -4.02. The summed E-state index contributed by atoms with van der Waals surface area (Å²) in [4.78, 5) is 13.4. The molecular weight excluding hydrogens is 472 g/mol. The molecule has 1 N–H and O–H groups in total. The van der Waals surface area contributed by atoms with Gasteiger partial charge >= 0.3 is 0 Å². The van der Waals surface area contributed by atoms with Crippen LogP contribution in [0.25, 0.3) is 0 Å². The van der Waals surface area contributed by atoms with Crippen molar-refractivity contribution in [3.63, 3.8) is 0 Å². The van der Waals surface area contributed by atoms with Crippen molar-refractivity contribution < 1.29 is 17.9 Å². The molecule has 1 aliphatic heterocycles. The molecule has 4 rings (SSSR count). The van der Waals surface area contributed by atoms with Crippen LogP contribution in [-0.2, 0) is 14.8 Å². The third kappa shape index (κ3) is 4.91. The molecule has 6 nitrogen and oxygen atoms in total. The minimum Gasteiger partial charge on any atom is -0.487 e. The number of para-hydroxylation sites is 1. The summed E-state index contributed by atoms with van der Waals surface area (Å²) in [6, 6.07) is 20.3. The highest BCUT2D eigenvalue weighted by Crippen LogP contribution is 2.39. The van der Waals surface area contributed by atoms with E-state index >= 15 is 0 Å². The van der Waals surface area contributed by atoms with Crippen LogP contribution < -0.4 is 14.4 Å². The van der Waals surface area contributed by atoms with Crippen LogP contribution in [0, 0.1) is 6.92 Å². The van der Waals surface area contributed by atoms with E-state index in [1.54, 1.807) is 43.3 Å². The molecular formula is C26H27ClN2O4S. The van der Waals surface area contributed by atoms with E-state index in [0.717, 1.165) is 9.87 Å². The molecule has 3 aromatic rings. The van der Waals surface area contributed by atoms with Crippen LogP contribution in [0.2, 0.25) is 5.02 Å². The molecule has 0 aromatic heterocycles. The smallest absolute Gasteiger partial charge is 0.264 e. The number of carbonyl (C=O) groups excluding carboxylic acids is 1. The third-order valence-electron chi connectivity index (χ3n) is 5.84. The lowest BCUT2D eigenvalue weighted by molar-refractivity contribution is -0.120. The first-order chi connectivity index (χ1) is 16.1. The van der Waals surface area contributed by atoms with Crippen LogP contribution in [-0.4, -0.2) is 26.5 Å². The maximum Gasteiger partial charge on any atom is 0.264 e. The van der Waals surface area contributed by atoms with E-state index in [2.05, 4.69) is 5.32 Å². The largest absolute Gasteiger partial charge is 0.487 e. The average Bonchev–Trinajstić information content (AvgIpc) is 2.79. The number of hydrogen-bond donors (Lipinski definition) is 1. The minimum atomic E-state index is -4.02. The van der Waals surface area contributed by atoms with Crippen molar-refractivity contribution in [2.75, 3.05) is 10.8 Å². The molecule has 0 spiro atoms. The first-order valence-corrected chi connectivity index (χ1v) is 12.8. The number of carbonyl (C=O) groups is 1. The number of benzene rings is 3. The number of ether oxygens (including phenoxy) is 1. The maximum atomic E-state index is 13.6. The Labute approximate surface area is 205 Å². The average molecular weight is 499 g/mol. The Morgan fingerprint density at radius 1 is 1.06 bits per heavy atom. The molecule has 1 heterocycles. The van der Waals surface area contributed by atoms with Gasteiger partial charge < -0.3 is 10.1 Å². The van der Waals surface area contributed by atoms with E-state index in [4.69, 9.17) is 16.3 Å². The van der Waals surface area contributed by atoms with Crippen molar-refractivity contribution in [3.05, 3.63) is 88.9 Å². The lowest BCUT2D eigenvalue weighted by Gasteiger charge is -2.38. The second kappa shape index (κ2) is 9.31. The standard InChI is InChI=1S/C26H27ClN2O4S/c1-18-21(27)13-9-14-23(18)29(34(31,32)19-10-5-4-6-11-19)17-25(30)28-22-16-26(2,3)33-24-15-8-7-12-20(22)24/h4-15,22H,16-17H2,1-3H3,(H,28,30). The Kier molecular flexibility index (Phi) is 6.60. The van der Waals surface area contributed by atoms with E-state index in [0.29, 0.717) is 28.4 Å². The number of anilines is 1. The first-order valence-electron chi connectivity index (χ1n) is 11.0. The summed E-state index contributed by atoms with van der Waals surface area (Å²) in [6.07, 6.45) is 0.553. The summed E-state index contributed by atoms with van der Waals surface area (Å²) in [5.41, 5.74) is 1.32. The first kappa shape index (κ1) is 24.1. The molecule has 1 aliphatic rings. The van der Waals surface area contributed by atoms with Crippen LogP contribution in [0.5, 0.6) is 5.75 Å². The summed E-state index contributed by atoms with van der Waals surface area (Å²) >= 11 is 6.30. The van der Waals surface area contributed by atoms with Crippen LogP contribution in [0.3, 0.4) is 0 Å². The fourth-order valence-corrected chi connectivity index (χ4v) is 5.86. The zero-order valence-corrected chi connectivity index (χ0v) is 20.9. The van der Waals surface area contributed by atoms with Gasteiger partial charge in [0.1, 0.15) is 17.9 Å². The van der Waals surface area contributed by atoms with Crippen LogP contribution >= 0.6 is 11.6 Å². The Morgan fingerprint density at radius 2 is 1.74 bits per heavy atom. The fourth-order valence-electron chi connectivity index (χ4n) is 4.19. The molecule has 0 saturated heterocycles. The number of nitrogens with one attached hydrogen (secondary N) is 1. The van der Waals surface area contributed by atoms with Gasteiger partial charge in [-0.1, -0.05) is 54.1 Å². The van der Waals surface area contributed by atoms with Gasteiger partial charge in [0.25, 0.3) is 10.0 Å². The van der Waals surface area contributed by atoms with Crippen molar-refractivity contribution in [3.8, 4) is 5.75 Å².